The number of aliphatic hydroxyl groups excluding tert-OH is 1. The van der Waals surface area contributed by atoms with E-state index in [9.17, 15) is 13.2 Å². The second-order valence-corrected chi connectivity index (χ2v) is 6.45. The van der Waals surface area contributed by atoms with Crippen molar-refractivity contribution in [2.24, 2.45) is 5.73 Å². The predicted molar refractivity (Wildman–Crippen MR) is 74.1 cm³/mol. The summed E-state index contributed by atoms with van der Waals surface area (Å²) in [5.41, 5.74) is 5.28. The minimum Gasteiger partial charge on any atom is -0.368 e. The van der Waals surface area contributed by atoms with E-state index in [1.165, 1.54) is 0 Å². The van der Waals surface area contributed by atoms with Gasteiger partial charge < -0.3 is 20.1 Å². The van der Waals surface area contributed by atoms with Crippen molar-refractivity contribution in [3.63, 3.8) is 0 Å². The lowest BCUT2D eigenvalue weighted by molar-refractivity contribution is -0.138. The average molecular weight is 311 g/mol. The maximum absolute atomic E-state index is 11.5. The highest BCUT2D eigenvalue weighted by Crippen LogP contribution is 2.08. The Morgan fingerprint density at radius 1 is 1.15 bits per heavy atom. The molecule has 0 bridgehead atoms. The van der Waals surface area contributed by atoms with E-state index < -0.39 is 34.8 Å². The van der Waals surface area contributed by atoms with Crippen LogP contribution in [0.4, 0.5) is 0 Å². The van der Waals surface area contributed by atoms with E-state index in [2.05, 4.69) is 11.1 Å². The molecule has 0 rings (SSSR count). The van der Waals surface area contributed by atoms with Gasteiger partial charge in [-0.3, -0.25) is 0 Å². The van der Waals surface area contributed by atoms with Gasteiger partial charge in [0, 0.05) is 6.42 Å². The van der Waals surface area contributed by atoms with Crippen LogP contribution in [0.3, 0.4) is 0 Å². The van der Waals surface area contributed by atoms with Crippen molar-refractivity contribution in [3.05, 3.63) is 0 Å². The van der Waals surface area contributed by atoms with Crippen LogP contribution < -0.4 is 5.73 Å². The van der Waals surface area contributed by atoms with E-state index in [-0.39, 0.29) is 5.75 Å². The van der Waals surface area contributed by atoms with Crippen LogP contribution in [0.5, 0.6) is 0 Å². The normalized spacial score (nSPS) is 13.4. The Kier molecular flexibility index (Phi) is 9.74. The molecule has 0 spiro atoms. The van der Waals surface area contributed by atoms with Crippen LogP contribution in [0.2, 0.25) is 0 Å². The summed E-state index contributed by atoms with van der Waals surface area (Å²) in [6, 6.07) is -1.37. The molecule has 120 valence electrons. The van der Waals surface area contributed by atoms with Crippen LogP contribution in [-0.4, -0.2) is 42.7 Å². The van der Waals surface area contributed by atoms with Crippen molar-refractivity contribution in [3.8, 4) is 0 Å². The maximum atomic E-state index is 11.5. The SMILES string of the molecule is CCCCCCCCS(=O)(=O)OC(=O)[C@@H](N)CC(O)O. The number of unbranched alkanes of at least 4 members (excludes halogenated alkanes) is 5. The second kappa shape index (κ2) is 10.1. The van der Waals surface area contributed by atoms with Crippen LogP contribution in [-0.2, 0) is 19.1 Å². The van der Waals surface area contributed by atoms with Gasteiger partial charge in [-0.2, -0.15) is 8.42 Å². The number of nitrogens with two attached hydrogens (primary N) is 1. The van der Waals surface area contributed by atoms with Crippen molar-refractivity contribution >= 4 is 16.1 Å². The topological polar surface area (TPSA) is 127 Å². The van der Waals surface area contributed by atoms with Crippen LogP contribution >= 0.6 is 0 Å². The van der Waals surface area contributed by atoms with Crippen molar-refractivity contribution in [1.29, 1.82) is 0 Å². The fourth-order valence-corrected chi connectivity index (χ4v) is 2.63. The summed E-state index contributed by atoms with van der Waals surface area (Å²) in [5.74, 6) is -1.40. The van der Waals surface area contributed by atoms with Gasteiger partial charge in [-0.05, 0) is 6.42 Å². The van der Waals surface area contributed by atoms with E-state index in [4.69, 9.17) is 15.9 Å². The lowest BCUT2D eigenvalue weighted by Gasteiger charge is -2.12. The number of rotatable bonds is 11. The lowest BCUT2D eigenvalue weighted by Crippen LogP contribution is -2.37. The van der Waals surface area contributed by atoms with Gasteiger partial charge in [-0.25, -0.2) is 4.79 Å². The lowest BCUT2D eigenvalue weighted by atomic mass is 10.1. The maximum Gasteiger partial charge on any atom is 0.338 e. The molecule has 8 heteroatoms. The van der Waals surface area contributed by atoms with Crippen LogP contribution in [0.1, 0.15) is 51.9 Å². The third kappa shape index (κ3) is 10.1. The van der Waals surface area contributed by atoms with E-state index in [0.29, 0.717) is 6.42 Å². The Morgan fingerprint density at radius 2 is 1.70 bits per heavy atom. The molecule has 0 unspecified atom stereocenters. The molecule has 0 saturated carbocycles. The summed E-state index contributed by atoms with van der Waals surface area (Å²) in [6.45, 7) is 2.09. The molecular formula is C12H25NO6S. The van der Waals surface area contributed by atoms with Crippen molar-refractivity contribution in [1.82, 2.24) is 0 Å². The van der Waals surface area contributed by atoms with Gasteiger partial charge in [-0.1, -0.05) is 39.0 Å². The summed E-state index contributed by atoms with van der Waals surface area (Å²) < 4.78 is 27.3. The number of hydrogen-bond acceptors (Lipinski definition) is 7. The molecule has 0 aromatic carbocycles. The van der Waals surface area contributed by atoms with Gasteiger partial charge in [-0.15, -0.1) is 0 Å². The van der Waals surface area contributed by atoms with Gasteiger partial charge in [0.2, 0.25) is 0 Å². The third-order valence-corrected chi connectivity index (χ3v) is 3.93. The van der Waals surface area contributed by atoms with E-state index in [1.807, 2.05) is 0 Å². The number of aliphatic hydroxyl groups is 2. The summed E-state index contributed by atoms with van der Waals surface area (Å²) >= 11 is 0. The highest BCUT2D eigenvalue weighted by atomic mass is 32.2. The Balaban J connectivity index is 3.97. The zero-order chi connectivity index (χ0) is 15.6. The van der Waals surface area contributed by atoms with Crippen molar-refractivity contribution in [2.45, 2.75) is 64.2 Å². The molecule has 4 N–H and O–H groups in total. The molecule has 0 heterocycles. The summed E-state index contributed by atoms with van der Waals surface area (Å²) in [5, 5.41) is 17.3. The van der Waals surface area contributed by atoms with Crippen molar-refractivity contribution in [2.75, 3.05) is 5.75 Å². The molecule has 0 fully saturated rings. The molecule has 20 heavy (non-hydrogen) atoms. The summed E-state index contributed by atoms with van der Waals surface area (Å²) in [7, 11) is -3.95. The zero-order valence-corrected chi connectivity index (χ0v) is 12.6. The Morgan fingerprint density at radius 3 is 2.25 bits per heavy atom. The Hall–Kier alpha value is -0.700. The summed E-state index contributed by atoms with van der Waals surface area (Å²) in [6.07, 6.45) is 3.20. The highest BCUT2D eigenvalue weighted by Gasteiger charge is 2.24. The van der Waals surface area contributed by atoms with E-state index >= 15 is 0 Å². The zero-order valence-electron chi connectivity index (χ0n) is 11.8. The number of hydrogen-bond donors (Lipinski definition) is 3. The summed E-state index contributed by atoms with van der Waals surface area (Å²) in [4.78, 5) is 11.3. The quantitative estimate of drug-likeness (QED) is 0.283. The monoisotopic (exact) mass is 311 g/mol. The standard InChI is InChI=1S/C12H25NO6S/c1-2-3-4-5-6-7-8-20(17,18)19-12(16)10(13)9-11(14)15/h10-11,14-15H,2-9,13H2,1H3/t10-/m0/s1. The predicted octanol–water partition coefficient (Wildman–Crippen LogP) is 0.248. The first-order chi connectivity index (χ1) is 9.28. The average Bonchev–Trinajstić information content (AvgIpc) is 2.32. The van der Waals surface area contributed by atoms with Gasteiger partial charge in [0.05, 0.1) is 5.75 Å². The first-order valence-corrected chi connectivity index (χ1v) is 8.44. The third-order valence-electron chi connectivity index (χ3n) is 2.72. The molecular weight excluding hydrogens is 286 g/mol. The van der Waals surface area contributed by atoms with E-state index in [1.54, 1.807) is 0 Å². The van der Waals surface area contributed by atoms with Crippen LogP contribution in [0, 0.1) is 0 Å². The second-order valence-electron chi connectivity index (χ2n) is 4.75. The van der Waals surface area contributed by atoms with E-state index in [0.717, 1.165) is 32.1 Å². The molecule has 0 radical (unpaired) electrons. The molecule has 0 aliphatic carbocycles. The molecule has 0 aliphatic rings. The molecule has 0 aromatic rings. The fraction of sp³-hybridized carbons (Fsp3) is 0.917. The Bertz CT molecular complexity index is 368. The number of carbonyl (C=O) groups excluding carboxylic acids is 1. The van der Waals surface area contributed by atoms with Gasteiger partial charge in [0.1, 0.15) is 6.04 Å². The molecule has 1 atom stereocenters. The smallest absolute Gasteiger partial charge is 0.338 e. The molecule has 0 aliphatic heterocycles. The highest BCUT2D eigenvalue weighted by molar-refractivity contribution is 7.87. The first kappa shape index (κ1) is 19.3. The van der Waals surface area contributed by atoms with Gasteiger partial charge in [0.25, 0.3) is 0 Å². The molecule has 0 saturated heterocycles. The first-order valence-electron chi connectivity index (χ1n) is 6.86. The molecule has 7 nitrogen and oxygen atoms in total. The van der Waals surface area contributed by atoms with Gasteiger partial charge >= 0.3 is 16.1 Å². The van der Waals surface area contributed by atoms with Crippen molar-refractivity contribution < 1.29 is 27.6 Å². The van der Waals surface area contributed by atoms with Crippen LogP contribution in [0.15, 0.2) is 0 Å². The largest absolute Gasteiger partial charge is 0.368 e. The fourth-order valence-electron chi connectivity index (χ4n) is 1.61. The van der Waals surface area contributed by atoms with Gasteiger partial charge in [0.15, 0.2) is 6.29 Å². The minimum atomic E-state index is -3.95. The minimum absolute atomic E-state index is 0.237. The number of carbonyl (C=O) groups is 1. The molecule has 0 amide bonds. The Labute approximate surface area is 120 Å². The molecule has 0 aromatic heterocycles. The van der Waals surface area contributed by atoms with Crippen LogP contribution in [0.25, 0.3) is 0 Å².